The average Bonchev–Trinajstić information content (AvgIpc) is 3.54. The molecule has 0 bridgehead atoms. The first-order valence-corrected chi connectivity index (χ1v) is 11.1. The van der Waals surface area contributed by atoms with E-state index in [1.54, 1.807) is 0 Å². The molecule has 0 saturated carbocycles. The number of nitrogens with zero attached hydrogens (tertiary/aromatic N) is 3. The molecule has 0 N–H and O–H groups in total. The van der Waals surface area contributed by atoms with Crippen LogP contribution < -0.4 is 0 Å². The number of benzene rings is 4. The third-order valence-electron chi connectivity index (χ3n) is 7.01. The topological polar surface area (TPSA) is 29.6 Å². The first-order chi connectivity index (χ1) is 15.8. The fourth-order valence-corrected chi connectivity index (χ4v) is 5.53. The molecule has 3 nitrogen and oxygen atoms in total. The first kappa shape index (κ1) is 17.7. The van der Waals surface area contributed by atoms with Crippen molar-refractivity contribution >= 4 is 33.2 Å². The summed E-state index contributed by atoms with van der Waals surface area (Å²) in [6, 6.07) is 30.5. The SMILES string of the molecule is Cn1c2ccccc2c2c(C3=NN=C(c4cccc5c4-c4ccccc4C5)C3)cccc21. The Morgan fingerprint density at radius 1 is 0.594 bits per heavy atom. The van der Waals surface area contributed by atoms with Gasteiger partial charge < -0.3 is 4.57 Å². The highest BCUT2D eigenvalue weighted by molar-refractivity contribution is 6.27. The van der Waals surface area contributed by atoms with Crippen LogP contribution in [0, 0.1) is 0 Å². The van der Waals surface area contributed by atoms with Crippen molar-refractivity contribution < 1.29 is 0 Å². The van der Waals surface area contributed by atoms with Gasteiger partial charge in [0.2, 0.25) is 0 Å². The number of hydrogen-bond acceptors (Lipinski definition) is 2. The van der Waals surface area contributed by atoms with Gasteiger partial charge in [0.15, 0.2) is 0 Å². The second kappa shape index (κ2) is 6.51. The Hall–Kier alpha value is -3.98. The fourth-order valence-electron chi connectivity index (χ4n) is 5.53. The molecular formula is C29H21N3. The maximum absolute atomic E-state index is 4.71. The second-order valence-corrected chi connectivity index (χ2v) is 8.72. The average molecular weight is 412 g/mol. The van der Waals surface area contributed by atoms with Crippen molar-refractivity contribution in [2.75, 3.05) is 0 Å². The Balaban J connectivity index is 1.33. The highest BCUT2D eigenvalue weighted by Crippen LogP contribution is 2.40. The van der Waals surface area contributed by atoms with Gasteiger partial charge in [0.25, 0.3) is 0 Å². The third-order valence-corrected chi connectivity index (χ3v) is 7.01. The zero-order valence-electron chi connectivity index (χ0n) is 17.8. The van der Waals surface area contributed by atoms with Crippen molar-refractivity contribution in [1.29, 1.82) is 0 Å². The van der Waals surface area contributed by atoms with E-state index in [-0.39, 0.29) is 0 Å². The van der Waals surface area contributed by atoms with Crippen LogP contribution >= 0.6 is 0 Å². The molecule has 0 spiro atoms. The van der Waals surface area contributed by atoms with Gasteiger partial charge in [-0.05, 0) is 40.8 Å². The Morgan fingerprint density at radius 3 is 2.19 bits per heavy atom. The molecule has 2 heterocycles. The van der Waals surface area contributed by atoms with Crippen molar-refractivity contribution in [2.24, 2.45) is 17.3 Å². The molecule has 0 fully saturated rings. The quantitative estimate of drug-likeness (QED) is 0.311. The number of hydrogen-bond donors (Lipinski definition) is 0. The van der Waals surface area contributed by atoms with E-state index >= 15 is 0 Å². The van der Waals surface area contributed by atoms with E-state index in [4.69, 9.17) is 10.2 Å². The summed E-state index contributed by atoms with van der Waals surface area (Å²) in [6.07, 6.45) is 1.75. The zero-order chi connectivity index (χ0) is 21.2. The van der Waals surface area contributed by atoms with Gasteiger partial charge in [-0.15, -0.1) is 0 Å². The normalized spacial score (nSPS) is 14.5. The molecule has 0 radical (unpaired) electrons. The summed E-state index contributed by atoms with van der Waals surface area (Å²) in [5.41, 5.74) is 12.4. The smallest absolute Gasteiger partial charge is 0.0770 e. The first-order valence-electron chi connectivity index (χ1n) is 11.1. The van der Waals surface area contributed by atoms with E-state index in [1.165, 1.54) is 55.2 Å². The van der Waals surface area contributed by atoms with E-state index < -0.39 is 0 Å². The number of aryl methyl sites for hydroxylation is 1. The van der Waals surface area contributed by atoms with Gasteiger partial charge in [0.1, 0.15) is 0 Å². The van der Waals surface area contributed by atoms with E-state index in [1.807, 2.05) is 0 Å². The third kappa shape index (κ3) is 2.36. The molecule has 1 aromatic heterocycles. The highest BCUT2D eigenvalue weighted by atomic mass is 15.2. The van der Waals surface area contributed by atoms with Crippen molar-refractivity contribution in [3.63, 3.8) is 0 Å². The monoisotopic (exact) mass is 411 g/mol. The van der Waals surface area contributed by atoms with Gasteiger partial charge in [-0.3, -0.25) is 0 Å². The molecular weight excluding hydrogens is 390 g/mol. The molecule has 32 heavy (non-hydrogen) atoms. The van der Waals surface area contributed by atoms with Gasteiger partial charge >= 0.3 is 0 Å². The van der Waals surface area contributed by atoms with Crippen LogP contribution in [0.4, 0.5) is 0 Å². The minimum atomic E-state index is 0.751. The van der Waals surface area contributed by atoms with Crippen LogP contribution in [0.3, 0.4) is 0 Å². The van der Waals surface area contributed by atoms with Crippen LogP contribution in [-0.2, 0) is 13.5 Å². The summed E-state index contributed by atoms with van der Waals surface area (Å²) < 4.78 is 2.27. The molecule has 0 saturated heterocycles. The largest absolute Gasteiger partial charge is 0.344 e. The lowest BCUT2D eigenvalue weighted by Crippen LogP contribution is -2.07. The van der Waals surface area contributed by atoms with Gasteiger partial charge in [0, 0.05) is 46.4 Å². The maximum atomic E-state index is 4.71. The van der Waals surface area contributed by atoms with Gasteiger partial charge in [0.05, 0.1) is 11.4 Å². The predicted octanol–water partition coefficient (Wildman–Crippen LogP) is 6.50. The molecule has 0 atom stereocenters. The van der Waals surface area contributed by atoms with E-state index in [2.05, 4.69) is 96.5 Å². The molecule has 4 aromatic carbocycles. The van der Waals surface area contributed by atoms with Crippen LogP contribution in [0.25, 0.3) is 32.9 Å². The summed E-state index contributed by atoms with van der Waals surface area (Å²) in [5.74, 6) is 0. The summed E-state index contributed by atoms with van der Waals surface area (Å²) in [5, 5.41) is 12.0. The van der Waals surface area contributed by atoms with Crippen LogP contribution in [0.15, 0.2) is 95.1 Å². The van der Waals surface area contributed by atoms with Crippen LogP contribution in [0.5, 0.6) is 0 Å². The molecule has 0 unspecified atom stereocenters. The molecule has 0 amide bonds. The molecule has 2 aliphatic rings. The van der Waals surface area contributed by atoms with Crippen LogP contribution in [0.2, 0.25) is 0 Å². The maximum Gasteiger partial charge on any atom is 0.0770 e. The summed E-state index contributed by atoms with van der Waals surface area (Å²) >= 11 is 0. The molecule has 7 rings (SSSR count). The summed E-state index contributed by atoms with van der Waals surface area (Å²) in [7, 11) is 2.14. The molecule has 5 aromatic rings. The second-order valence-electron chi connectivity index (χ2n) is 8.72. The number of aromatic nitrogens is 1. The number of fused-ring (bicyclic) bond motifs is 6. The van der Waals surface area contributed by atoms with Crippen LogP contribution in [0.1, 0.15) is 28.7 Å². The van der Waals surface area contributed by atoms with E-state index in [9.17, 15) is 0 Å². The minimum Gasteiger partial charge on any atom is -0.344 e. The van der Waals surface area contributed by atoms with Gasteiger partial charge in [-0.25, -0.2) is 0 Å². The lowest BCUT2D eigenvalue weighted by Gasteiger charge is -2.10. The lowest BCUT2D eigenvalue weighted by molar-refractivity contribution is 1.01. The van der Waals surface area contributed by atoms with Gasteiger partial charge in [-0.1, -0.05) is 72.8 Å². The van der Waals surface area contributed by atoms with Crippen molar-refractivity contribution in [3.8, 4) is 11.1 Å². The van der Waals surface area contributed by atoms with Crippen molar-refractivity contribution in [3.05, 3.63) is 107 Å². The summed E-state index contributed by atoms with van der Waals surface area (Å²) in [4.78, 5) is 0. The standard InChI is InChI=1S/C29H21N3/c1-32-26-14-5-4-11-23(26)29-22(13-7-15-27(29)32)25-17-24(30-31-25)21-12-6-9-19-16-18-8-2-3-10-20(18)28(19)21/h2-15H,16-17H2,1H3. The van der Waals surface area contributed by atoms with E-state index in [0.717, 1.165) is 24.3 Å². The Kier molecular flexibility index (Phi) is 3.59. The predicted molar refractivity (Wildman–Crippen MR) is 133 cm³/mol. The van der Waals surface area contributed by atoms with Crippen molar-refractivity contribution in [2.45, 2.75) is 12.8 Å². The number of para-hydroxylation sites is 1. The molecule has 152 valence electrons. The van der Waals surface area contributed by atoms with Gasteiger partial charge in [-0.2, -0.15) is 10.2 Å². The Bertz CT molecular complexity index is 1630. The number of rotatable bonds is 2. The van der Waals surface area contributed by atoms with Crippen molar-refractivity contribution in [1.82, 2.24) is 4.57 Å². The minimum absolute atomic E-state index is 0.751. The van der Waals surface area contributed by atoms with Crippen LogP contribution in [-0.4, -0.2) is 16.0 Å². The van der Waals surface area contributed by atoms with E-state index in [0.29, 0.717) is 0 Å². The highest BCUT2D eigenvalue weighted by Gasteiger charge is 2.26. The molecule has 3 heteroatoms. The Morgan fingerprint density at radius 2 is 1.25 bits per heavy atom. The zero-order valence-corrected chi connectivity index (χ0v) is 17.8. The summed E-state index contributed by atoms with van der Waals surface area (Å²) in [6.45, 7) is 0. The Labute approximate surface area is 186 Å². The fraction of sp³-hybridized carbons (Fsp3) is 0.103. The molecule has 1 aliphatic carbocycles. The lowest BCUT2D eigenvalue weighted by atomic mass is 9.92. The molecule has 1 aliphatic heterocycles.